The number of phenols is 1. The Morgan fingerprint density at radius 1 is 1.44 bits per heavy atom. The van der Waals surface area contributed by atoms with Gasteiger partial charge in [-0.2, -0.15) is 0 Å². The average Bonchev–Trinajstić information content (AvgIpc) is 2.31. The lowest BCUT2D eigenvalue weighted by molar-refractivity contribution is 0.175. The fraction of sp³-hybridized carbons (Fsp3) is 0.182. The van der Waals surface area contributed by atoms with Gasteiger partial charge in [-0.25, -0.2) is 4.79 Å². The van der Waals surface area contributed by atoms with Gasteiger partial charge in [-0.15, -0.1) is 0 Å². The number of alkyl carbamates (subject to hydrolysis) is 1. The Balaban J connectivity index is 2.70. The number of ether oxygens (including phenoxy) is 2. The maximum absolute atomic E-state index is 10.7. The molecule has 0 aromatic heterocycles. The lowest BCUT2D eigenvalue weighted by Gasteiger charge is -2.03. The van der Waals surface area contributed by atoms with Gasteiger partial charge in [0.15, 0.2) is 11.5 Å². The summed E-state index contributed by atoms with van der Waals surface area (Å²) in [6.07, 6.45) is 2.55. The first-order valence-corrected chi connectivity index (χ1v) is 4.55. The molecule has 1 rings (SSSR count). The third-order valence-corrected chi connectivity index (χ3v) is 1.87. The minimum absolute atomic E-state index is 0.0700. The molecule has 0 aliphatic rings. The van der Waals surface area contributed by atoms with Gasteiger partial charge in [0.25, 0.3) is 0 Å². The van der Waals surface area contributed by atoms with Gasteiger partial charge in [0.2, 0.25) is 0 Å². The molecule has 0 bridgehead atoms. The number of amides is 1. The summed E-state index contributed by atoms with van der Waals surface area (Å²) in [4.78, 5) is 10.7. The molecule has 1 amide bonds. The minimum atomic E-state index is -0.540. The Bertz CT molecular complexity index is 401. The van der Waals surface area contributed by atoms with Crippen LogP contribution in [0.2, 0.25) is 0 Å². The van der Waals surface area contributed by atoms with Gasteiger partial charge in [-0.1, -0.05) is 6.07 Å². The van der Waals surface area contributed by atoms with Gasteiger partial charge in [0, 0.05) is 6.20 Å². The molecule has 0 saturated heterocycles. The number of hydrogen-bond donors (Lipinski definition) is 2. The molecule has 0 aliphatic heterocycles. The van der Waals surface area contributed by atoms with Crippen LogP contribution in [-0.4, -0.2) is 25.4 Å². The van der Waals surface area contributed by atoms with Crippen LogP contribution < -0.4 is 10.1 Å². The second-order valence-electron chi connectivity index (χ2n) is 2.90. The Kier molecular flexibility index (Phi) is 4.20. The lowest BCUT2D eigenvalue weighted by atomic mass is 10.2. The molecule has 1 aromatic carbocycles. The molecule has 0 fully saturated rings. The van der Waals surface area contributed by atoms with Crippen molar-refractivity contribution in [2.45, 2.75) is 0 Å². The number of rotatable bonds is 3. The van der Waals surface area contributed by atoms with Crippen molar-refractivity contribution in [2.24, 2.45) is 0 Å². The second-order valence-corrected chi connectivity index (χ2v) is 2.90. The zero-order valence-corrected chi connectivity index (χ0v) is 9.06. The molecule has 0 heterocycles. The molecular weight excluding hydrogens is 210 g/mol. The summed E-state index contributed by atoms with van der Waals surface area (Å²) < 4.78 is 9.32. The van der Waals surface area contributed by atoms with Crippen molar-refractivity contribution in [1.29, 1.82) is 0 Å². The van der Waals surface area contributed by atoms with E-state index in [1.54, 1.807) is 18.2 Å². The number of nitrogens with one attached hydrogen (secondary N) is 1. The van der Waals surface area contributed by atoms with Crippen LogP contribution in [0.4, 0.5) is 4.79 Å². The summed E-state index contributed by atoms with van der Waals surface area (Å²) in [7, 11) is 2.75. The van der Waals surface area contributed by atoms with E-state index in [2.05, 4.69) is 10.1 Å². The fourth-order valence-corrected chi connectivity index (χ4v) is 1.06. The highest BCUT2D eigenvalue weighted by Crippen LogP contribution is 2.26. The van der Waals surface area contributed by atoms with Crippen molar-refractivity contribution in [3.63, 3.8) is 0 Å². The van der Waals surface area contributed by atoms with Crippen LogP contribution in [0.25, 0.3) is 6.08 Å². The van der Waals surface area contributed by atoms with Crippen LogP contribution in [-0.2, 0) is 4.74 Å². The predicted octanol–water partition coefficient (Wildman–Crippen LogP) is 1.73. The summed E-state index contributed by atoms with van der Waals surface area (Å²) in [5.41, 5.74) is 0.783. The van der Waals surface area contributed by atoms with E-state index in [-0.39, 0.29) is 5.75 Å². The Morgan fingerprint density at radius 2 is 2.19 bits per heavy atom. The molecule has 0 aliphatic carbocycles. The molecule has 0 unspecified atom stereocenters. The highest BCUT2D eigenvalue weighted by atomic mass is 16.5. The normalized spacial score (nSPS) is 10.1. The summed E-state index contributed by atoms with van der Waals surface area (Å²) in [6, 6.07) is 4.84. The topological polar surface area (TPSA) is 67.8 Å². The summed E-state index contributed by atoms with van der Waals surface area (Å²) in [6.45, 7) is 0. The molecule has 0 spiro atoms. The molecule has 0 atom stereocenters. The van der Waals surface area contributed by atoms with Gasteiger partial charge in [-0.3, -0.25) is 5.32 Å². The highest BCUT2D eigenvalue weighted by Gasteiger charge is 2.00. The number of benzene rings is 1. The Morgan fingerprint density at radius 3 is 2.81 bits per heavy atom. The average molecular weight is 223 g/mol. The molecule has 1 aromatic rings. The standard InChI is InChI=1S/C11H13NO4/c1-15-10-7-8(3-4-9(10)13)5-6-12-11(14)16-2/h3-7,13H,1-2H3,(H,12,14). The predicted molar refractivity (Wildman–Crippen MR) is 59.2 cm³/mol. The first-order valence-electron chi connectivity index (χ1n) is 4.55. The van der Waals surface area contributed by atoms with Gasteiger partial charge in [0.05, 0.1) is 14.2 Å². The van der Waals surface area contributed by atoms with Crippen molar-refractivity contribution in [2.75, 3.05) is 14.2 Å². The second kappa shape index (κ2) is 5.65. The van der Waals surface area contributed by atoms with Crippen LogP contribution >= 0.6 is 0 Å². The zero-order valence-electron chi connectivity index (χ0n) is 9.06. The molecule has 5 nitrogen and oxygen atoms in total. The summed E-state index contributed by atoms with van der Waals surface area (Å²) >= 11 is 0. The van der Waals surface area contributed by atoms with Crippen molar-refractivity contribution in [3.05, 3.63) is 30.0 Å². The van der Waals surface area contributed by atoms with Gasteiger partial charge < -0.3 is 14.6 Å². The SMILES string of the molecule is COC(=O)NC=Cc1ccc(O)c(OC)c1. The van der Waals surface area contributed by atoms with Gasteiger partial charge in [-0.05, 0) is 23.8 Å². The Labute approximate surface area is 93.3 Å². The fourth-order valence-electron chi connectivity index (χ4n) is 1.06. The maximum atomic E-state index is 10.7. The van der Waals surface area contributed by atoms with Crippen LogP contribution in [0, 0.1) is 0 Å². The quantitative estimate of drug-likeness (QED) is 0.818. The van der Waals surface area contributed by atoms with E-state index in [0.717, 1.165) is 5.56 Å². The van der Waals surface area contributed by atoms with Crippen molar-refractivity contribution >= 4 is 12.2 Å². The molecule has 16 heavy (non-hydrogen) atoms. The molecule has 5 heteroatoms. The third kappa shape index (κ3) is 3.20. The largest absolute Gasteiger partial charge is 0.504 e. The number of carbonyl (C=O) groups is 1. The number of carbonyl (C=O) groups excluding carboxylic acids is 1. The van der Waals surface area contributed by atoms with Crippen molar-refractivity contribution in [3.8, 4) is 11.5 Å². The number of phenolic OH excluding ortho intramolecular Hbond substituents is 1. The third-order valence-electron chi connectivity index (χ3n) is 1.87. The van der Waals surface area contributed by atoms with E-state index in [1.807, 2.05) is 0 Å². The van der Waals surface area contributed by atoms with Crippen LogP contribution in [0.1, 0.15) is 5.56 Å². The van der Waals surface area contributed by atoms with Crippen molar-refractivity contribution < 1.29 is 19.4 Å². The van der Waals surface area contributed by atoms with E-state index in [0.29, 0.717) is 5.75 Å². The minimum Gasteiger partial charge on any atom is -0.504 e. The van der Waals surface area contributed by atoms with Crippen LogP contribution in [0.3, 0.4) is 0 Å². The Hall–Kier alpha value is -2.17. The summed E-state index contributed by atoms with van der Waals surface area (Å²) in [5.74, 6) is 0.445. The molecular formula is C11H13NO4. The van der Waals surface area contributed by atoms with Crippen molar-refractivity contribution in [1.82, 2.24) is 5.32 Å². The zero-order chi connectivity index (χ0) is 12.0. The van der Waals surface area contributed by atoms with E-state index in [1.165, 1.54) is 26.5 Å². The molecule has 0 saturated carbocycles. The lowest BCUT2D eigenvalue weighted by Crippen LogP contribution is -2.15. The monoisotopic (exact) mass is 223 g/mol. The molecule has 86 valence electrons. The van der Waals surface area contributed by atoms with Gasteiger partial charge in [0.1, 0.15) is 0 Å². The smallest absolute Gasteiger partial charge is 0.410 e. The first kappa shape index (κ1) is 11.9. The van der Waals surface area contributed by atoms with E-state index >= 15 is 0 Å². The molecule has 0 radical (unpaired) electrons. The first-order chi connectivity index (χ1) is 7.67. The number of methoxy groups -OCH3 is 2. The number of hydrogen-bond acceptors (Lipinski definition) is 4. The highest BCUT2D eigenvalue weighted by molar-refractivity contribution is 5.69. The molecule has 2 N–H and O–H groups in total. The van der Waals surface area contributed by atoms with Crippen LogP contribution in [0.5, 0.6) is 11.5 Å². The van der Waals surface area contributed by atoms with Gasteiger partial charge >= 0.3 is 6.09 Å². The van der Waals surface area contributed by atoms with E-state index in [4.69, 9.17) is 4.74 Å². The number of aromatic hydroxyl groups is 1. The van der Waals surface area contributed by atoms with Crippen LogP contribution in [0.15, 0.2) is 24.4 Å². The maximum Gasteiger partial charge on any atom is 0.410 e. The van der Waals surface area contributed by atoms with E-state index < -0.39 is 6.09 Å². The summed E-state index contributed by atoms with van der Waals surface area (Å²) in [5, 5.41) is 11.7. The van der Waals surface area contributed by atoms with E-state index in [9.17, 15) is 9.90 Å².